The van der Waals surface area contributed by atoms with Crippen molar-refractivity contribution in [1.82, 2.24) is 9.80 Å². The van der Waals surface area contributed by atoms with E-state index in [1.165, 1.54) is 44.6 Å². The minimum Gasteiger partial charge on any atom is -0.377 e. The van der Waals surface area contributed by atoms with Gasteiger partial charge in [-0.1, -0.05) is 11.6 Å². The van der Waals surface area contributed by atoms with Crippen LogP contribution in [0.15, 0.2) is 11.6 Å². The summed E-state index contributed by atoms with van der Waals surface area (Å²) in [5.41, 5.74) is 1.42. The molecule has 0 aliphatic carbocycles. The van der Waals surface area contributed by atoms with Gasteiger partial charge in [0, 0.05) is 45.9 Å². The number of ether oxygens (including phenoxy) is 1. The van der Waals surface area contributed by atoms with Gasteiger partial charge in [0.05, 0.1) is 6.10 Å². The third-order valence-electron chi connectivity index (χ3n) is 3.71. The van der Waals surface area contributed by atoms with Gasteiger partial charge in [0.2, 0.25) is 0 Å². The van der Waals surface area contributed by atoms with Crippen molar-refractivity contribution in [3.05, 3.63) is 11.6 Å². The number of nitrogens with zero attached hydrogens (tertiary/aromatic N) is 2. The van der Waals surface area contributed by atoms with Crippen LogP contribution in [-0.2, 0) is 4.74 Å². The monoisotopic (exact) mass is 238 g/mol. The molecule has 2 rings (SSSR count). The molecular weight excluding hydrogens is 212 g/mol. The van der Waals surface area contributed by atoms with E-state index < -0.39 is 0 Å². The highest BCUT2D eigenvalue weighted by molar-refractivity contribution is 4.95. The van der Waals surface area contributed by atoms with Gasteiger partial charge in [-0.25, -0.2) is 0 Å². The molecule has 0 amide bonds. The van der Waals surface area contributed by atoms with Crippen LogP contribution in [0.5, 0.6) is 0 Å². The molecule has 0 N–H and O–H groups in total. The Morgan fingerprint density at radius 3 is 2.47 bits per heavy atom. The van der Waals surface area contributed by atoms with E-state index in [4.69, 9.17) is 4.74 Å². The maximum atomic E-state index is 5.70. The molecule has 98 valence electrons. The summed E-state index contributed by atoms with van der Waals surface area (Å²) in [5, 5.41) is 0. The Hall–Kier alpha value is -0.380. The van der Waals surface area contributed by atoms with Crippen LogP contribution in [0.1, 0.15) is 26.7 Å². The van der Waals surface area contributed by atoms with Crippen molar-refractivity contribution in [3.63, 3.8) is 0 Å². The van der Waals surface area contributed by atoms with Gasteiger partial charge in [0.15, 0.2) is 0 Å². The van der Waals surface area contributed by atoms with E-state index in [9.17, 15) is 0 Å². The van der Waals surface area contributed by atoms with Gasteiger partial charge in [-0.15, -0.1) is 0 Å². The predicted octanol–water partition coefficient (Wildman–Crippen LogP) is 1.75. The van der Waals surface area contributed by atoms with E-state index in [0.29, 0.717) is 6.10 Å². The number of hydrogen-bond acceptors (Lipinski definition) is 3. The number of allylic oxidation sites excluding steroid dienone is 1. The van der Waals surface area contributed by atoms with Gasteiger partial charge < -0.3 is 4.74 Å². The van der Waals surface area contributed by atoms with Crippen LogP contribution in [0.3, 0.4) is 0 Å². The lowest BCUT2D eigenvalue weighted by atomic mass is 10.2. The van der Waals surface area contributed by atoms with Crippen molar-refractivity contribution in [1.29, 1.82) is 0 Å². The Morgan fingerprint density at radius 2 is 1.88 bits per heavy atom. The summed E-state index contributed by atoms with van der Waals surface area (Å²) in [6.07, 6.45) is 5.36. The number of hydrogen-bond donors (Lipinski definition) is 0. The summed E-state index contributed by atoms with van der Waals surface area (Å²) in [7, 11) is 0. The Kier molecular flexibility index (Phi) is 5.01. The molecule has 2 fully saturated rings. The molecule has 0 aromatic rings. The molecule has 0 bridgehead atoms. The molecule has 1 atom stereocenters. The molecule has 0 radical (unpaired) electrons. The van der Waals surface area contributed by atoms with Crippen molar-refractivity contribution in [2.24, 2.45) is 0 Å². The lowest BCUT2D eigenvalue weighted by molar-refractivity contribution is 0.0526. The average molecular weight is 238 g/mol. The minimum atomic E-state index is 0.513. The van der Waals surface area contributed by atoms with E-state index >= 15 is 0 Å². The first-order valence-electron chi connectivity index (χ1n) is 6.94. The lowest BCUT2D eigenvalue weighted by Gasteiger charge is -2.35. The topological polar surface area (TPSA) is 15.7 Å². The van der Waals surface area contributed by atoms with Gasteiger partial charge in [-0.05, 0) is 26.7 Å². The third-order valence-corrected chi connectivity index (χ3v) is 3.71. The largest absolute Gasteiger partial charge is 0.377 e. The fourth-order valence-electron chi connectivity index (χ4n) is 2.54. The molecule has 1 unspecified atom stereocenters. The van der Waals surface area contributed by atoms with Crippen LogP contribution in [-0.4, -0.2) is 61.8 Å². The predicted molar refractivity (Wildman–Crippen MR) is 71.3 cm³/mol. The lowest BCUT2D eigenvalue weighted by Crippen LogP contribution is -2.48. The van der Waals surface area contributed by atoms with Gasteiger partial charge in [0.1, 0.15) is 0 Å². The SMILES string of the molecule is CC(C)=CCN1CCN(CC2CCCO2)CC1. The van der Waals surface area contributed by atoms with Crippen molar-refractivity contribution in [2.45, 2.75) is 32.8 Å². The Morgan fingerprint density at radius 1 is 1.18 bits per heavy atom. The highest BCUT2D eigenvalue weighted by Crippen LogP contribution is 2.14. The zero-order chi connectivity index (χ0) is 12.1. The van der Waals surface area contributed by atoms with Gasteiger partial charge in [-0.2, -0.15) is 0 Å². The second-order valence-electron chi connectivity index (χ2n) is 5.52. The van der Waals surface area contributed by atoms with E-state index in [1.54, 1.807) is 0 Å². The van der Waals surface area contributed by atoms with E-state index in [2.05, 4.69) is 29.7 Å². The van der Waals surface area contributed by atoms with Crippen molar-refractivity contribution in [3.8, 4) is 0 Å². The third kappa shape index (κ3) is 4.41. The normalized spacial score (nSPS) is 27.3. The molecule has 0 aromatic carbocycles. The fourth-order valence-corrected chi connectivity index (χ4v) is 2.54. The minimum absolute atomic E-state index is 0.513. The molecule has 2 aliphatic heterocycles. The van der Waals surface area contributed by atoms with Crippen LogP contribution in [0.2, 0.25) is 0 Å². The maximum Gasteiger partial charge on any atom is 0.0702 e. The van der Waals surface area contributed by atoms with Crippen molar-refractivity contribution < 1.29 is 4.74 Å². The summed E-state index contributed by atoms with van der Waals surface area (Å²) in [5.74, 6) is 0. The molecule has 2 aliphatic rings. The van der Waals surface area contributed by atoms with Gasteiger partial charge >= 0.3 is 0 Å². The zero-order valence-electron chi connectivity index (χ0n) is 11.3. The highest BCUT2D eigenvalue weighted by Gasteiger charge is 2.22. The second-order valence-corrected chi connectivity index (χ2v) is 5.52. The molecule has 0 aromatic heterocycles. The summed E-state index contributed by atoms with van der Waals surface area (Å²) >= 11 is 0. The smallest absolute Gasteiger partial charge is 0.0702 e. The Labute approximate surface area is 105 Å². The Bertz CT molecular complexity index is 247. The number of rotatable bonds is 4. The first-order chi connectivity index (χ1) is 8.24. The first-order valence-corrected chi connectivity index (χ1v) is 6.94. The quantitative estimate of drug-likeness (QED) is 0.694. The highest BCUT2D eigenvalue weighted by atomic mass is 16.5. The molecule has 0 saturated carbocycles. The zero-order valence-corrected chi connectivity index (χ0v) is 11.3. The maximum absolute atomic E-state index is 5.70. The summed E-state index contributed by atoms with van der Waals surface area (Å²) in [6.45, 7) is 12.4. The first kappa shape index (κ1) is 13.1. The van der Waals surface area contributed by atoms with E-state index in [0.717, 1.165) is 19.7 Å². The van der Waals surface area contributed by atoms with Gasteiger partial charge in [0.25, 0.3) is 0 Å². The molecule has 0 spiro atoms. The van der Waals surface area contributed by atoms with Crippen molar-refractivity contribution in [2.75, 3.05) is 45.9 Å². The molecule has 2 heterocycles. The van der Waals surface area contributed by atoms with Crippen LogP contribution >= 0.6 is 0 Å². The summed E-state index contributed by atoms with van der Waals surface area (Å²) < 4.78 is 5.70. The van der Waals surface area contributed by atoms with E-state index in [1.807, 2.05) is 0 Å². The number of piperazine rings is 1. The average Bonchev–Trinajstić information content (AvgIpc) is 2.81. The summed E-state index contributed by atoms with van der Waals surface area (Å²) in [6, 6.07) is 0. The van der Waals surface area contributed by atoms with Gasteiger partial charge in [-0.3, -0.25) is 9.80 Å². The molecule has 17 heavy (non-hydrogen) atoms. The molecule has 3 heteroatoms. The van der Waals surface area contributed by atoms with Crippen LogP contribution in [0.4, 0.5) is 0 Å². The second kappa shape index (κ2) is 6.53. The van der Waals surface area contributed by atoms with Crippen LogP contribution in [0, 0.1) is 0 Å². The fraction of sp³-hybridized carbons (Fsp3) is 0.857. The van der Waals surface area contributed by atoms with Crippen LogP contribution < -0.4 is 0 Å². The van der Waals surface area contributed by atoms with E-state index in [-0.39, 0.29) is 0 Å². The van der Waals surface area contributed by atoms with Crippen LogP contribution in [0.25, 0.3) is 0 Å². The Balaban J connectivity index is 1.65. The summed E-state index contributed by atoms with van der Waals surface area (Å²) in [4.78, 5) is 5.11. The standard InChI is InChI=1S/C14H26N2O/c1-13(2)5-6-15-7-9-16(10-8-15)12-14-4-3-11-17-14/h5,14H,3-4,6-12H2,1-2H3. The van der Waals surface area contributed by atoms with Crippen molar-refractivity contribution >= 4 is 0 Å². The molecular formula is C14H26N2O. The molecule has 2 saturated heterocycles. The molecule has 3 nitrogen and oxygen atoms in total.